The number of nitrogens with two attached hydrogens (primary N) is 3. The van der Waals surface area contributed by atoms with Crippen LogP contribution in [0.1, 0.15) is 24.0 Å². The van der Waals surface area contributed by atoms with Crippen LogP contribution in [0.25, 0.3) is 10.9 Å². The van der Waals surface area contributed by atoms with Gasteiger partial charge in [-0.25, -0.2) is 0 Å². The number of halogens is 3. The first-order valence-corrected chi connectivity index (χ1v) is 15.9. The van der Waals surface area contributed by atoms with Crippen LogP contribution in [0.2, 0.25) is 0 Å². The van der Waals surface area contributed by atoms with Crippen molar-refractivity contribution in [2.45, 2.75) is 43.6 Å². The minimum Gasteiger partial charge on any atom is -0.342 e. The second kappa shape index (κ2) is 17.4. The van der Waals surface area contributed by atoms with E-state index in [0.717, 1.165) is 37.2 Å². The first-order chi connectivity index (χ1) is 22.3. The van der Waals surface area contributed by atoms with E-state index in [1.807, 2.05) is 31.3 Å². The quantitative estimate of drug-likeness (QED) is 0.0842. The minimum atomic E-state index is -4.53. The standard InChI is InChI=1S/C32H43F3N8O3S/c1-43(15-12-36,16-13-37)14-4-6-25(38)29(44)42-28(20-47)31(46)41-27(17-21-8-10-23(11-9-21)32(33,34)35)30(45)40-24-18-22-5-2-3-7-26(22)39-19-24/h2-3,5,7-11,18-19,25,27-28H,4,6,12-17,20,36-38H2,1H3,(H3-,40,41,42,44,45,46,47)/p+1/t25?,27-,28?/m0/s1. The van der Waals surface area contributed by atoms with E-state index in [2.05, 4.69) is 33.6 Å². The smallest absolute Gasteiger partial charge is 0.342 e. The monoisotopic (exact) mass is 677 g/mol. The summed E-state index contributed by atoms with van der Waals surface area (Å²) in [7, 11) is 2.04. The van der Waals surface area contributed by atoms with Crippen molar-refractivity contribution in [3.8, 4) is 0 Å². The van der Waals surface area contributed by atoms with E-state index < -0.39 is 47.6 Å². The van der Waals surface area contributed by atoms with Gasteiger partial charge in [-0.1, -0.05) is 30.3 Å². The summed E-state index contributed by atoms with van der Waals surface area (Å²) in [5.41, 5.74) is 18.2. The van der Waals surface area contributed by atoms with Gasteiger partial charge in [0.1, 0.15) is 12.1 Å². The molecule has 15 heteroatoms. The Hall–Kier alpha value is -3.76. The number of hydrogen-bond donors (Lipinski definition) is 7. The summed E-state index contributed by atoms with van der Waals surface area (Å²) in [6.45, 7) is 3.19. The lowest BCUT2D eigenvalue weighted by atomic mass is 10.0. The number of thiol groups is 1. The summed E-state index contributed by atoms with van der Waals surface area (Å²) in [5, 5.41) is 8.73. The molecular formula is C32H44F3N8O3S+. The van der Waals surface area contributed by atoms with E-state index >= 15 is 0 Å². The van der Waals surface area contributed by atoms with Gasteiger partial charge in [0, 0.05) is 30.6 Å². The van der Waals surface area contributed by atoms with Crippen LogP contribution in [0.3, 0.4) is 0 Å². The predicted molar refractivity (Wildman–Crippen MR) is 179 cm³/mol. The highest BCUT2D eigenvalue weighted by atomic mass is 32.1. The van der Waals surface area contributed by atoms with E-state index in [1.54, 1.807) is 6.07 Å². The number of likely N-dealkylation sites (N-methyl/N-ethyl adjacent to an activating group) is 1. The van der Waals surface area contributed by atoms with Gasteiger partial charge in [0.05, 0.1) is 55.7 Å². The normalized spacial score (nSPS) is 13.9. The van der Waals surface area contributed by atoms with E-state index in [0.29, 0.717) is 47.2 Å². The highest BCUT2D eigenvalue weighted by Crippen LogP contribution is 2.29. The number of para-hydroxylation sites is 1. The molecule has 0 saturated carbocycles. The van der Waals surface area contributed by atoms with Gasteiger partial charge in [-0.05, 0) is 42.7 Å². The average Bonchev–Trinajstić information content (AvgIpc) is 3.03. The third-order valence-corrected chi connectivity index (χ3v) is 8.28. The van der Waals surface area contributed by atoms with Gasteiger partial charge < -0.3 is 37.6 Å². The van der Waals surface area contributed by atoms with Crippen molar-refractivity contribution in [1.29, 1.82) is 0 Å². The Bertz CT molecular complexity index is 1490. The van der Waals surface area contributed by atoms with Crippen molar-refractivity contribution in [2.24, 2.45) is 17.2 Å². The van der Waals surface area contributed by atoms with E-state index in [1.165, 1.54) is 18.3 Å². The van der Waals surface area contributed by atoms with Gasteiger partial charge in [0.2, 0.25) is 17.7 Å². The predicted octanol–water partition coefficient (Wildman–Crippen LogP) is 1.81. The minimum absolute atomic E-state index is 0.102. The van der Waals surface area contributed by atoms with Crippen LogP contribution in [0.4, 0.5) is 18.9 Å². The first kappa shape index (κ1) is 37.7. The third kappa shape index (κ3) is 11.5. The molecule has 0 bridgehead atoms. The molecule has 2 unspecified atom stereocenters. The number of amides is 3. The number of carbonyl (C=O) groups is 3. The zero-order chi connectivity index (χ0) is 34.6. The largest absolute Gasteiger partial charge is 0.416 e. The van der Waals surface area contributed by atoms with Gasteiger partial charge in [0.25, 0.3) is 0 Å². The van der Waals surface area contributed by atoms with Gasteiger partial charge in [-0.2, -0.15) is 25.8 Å². The Kier molecular flexibility index (Phi) is 14.0. The van der Waals surface area contributed by atoms with E-state index in [4.69, 9.17) is 17.2 Å². The fourth-order valence-electron chi connectivity index (χ4n) is 5.17. The molecule has 2 aromatic carbocycles. The van der Waals surface area contributed by atoms with Crippen molar-refractivity contribution in [3.05, 3.63) is 71.9 Å². The Morgan fingerprint density at radius 3 is 2.17 bits per heavy atom. The zero-order valence-corrected chi connectivity index (χ0v) is 27.2. The van der Waals surface area contributed by atoms with Crippen LogP contribution in [0.15, 0.2) is 60.8 Å². The molecule has 1 aromatic heterocycles. The van der Waals surface area contributed by atoms with Crippen LogP contribution in [0, 0.1) is 0 Å². The Morgan fingerprint density at radius 1 is 0.915 bits per heavy atom. The Labute approximate surface area is 277 Å². The molecule has 0 saturated heterocycles. The molecule has 0 fully saturated rings. The van der Waals surface area contributed by atoms with Gasteiger partial charge in [0.15, 0.2) is 0 Å². The fourth-order valence-corrected chi connectivity index (χ4v) is 5.43. The van der Waals surface area contributed by atoms with Crippen LogP contribution in [0.5, 0.6) is 0 Å². The topological polar surface area (TPSA) is 178 Å². The number of quaternary nitrogens is 1. The lowest BCUT2D eigenvalue weighted by Gasteiger charge is -2.34. The number of fused-ring (bicyclic) bond motifs is 1. The molecule has 0 aliphatic heterocycles. The highest BCUT2D eigenvalue weighted by molar-refractivity contribution is 7.80. The summed E-state index contributed by atoms with van der Waals surface area (Å²) in [5.74, 6) is -2.00. The van der Waals surface area contributed by atoms with Crippen LogP contribution >= 0.6 is 12.6 Å². The second-order valence-corrected chi connectivity index (χ2v) is 12.1. The highest BCUT2D eigenvalue weighted by Gasteiger charge is 2.31. The Morgan fingerprint density at radius 2 is 1.55 bits per heavy atom. The van der Waals surface area contributed by atoms with Crippen molar-refractivity contribution in [3.63, 3.8) is 0 Å². The lowest BCUT2D eigenvalue weighted by molar-refractivity contribution is -0.907. The van der Waals surface area contributed by atoms with Crippen LogP contribution in [-0.2, 0) is 27.0 Å². The van der Waals surface area contributed by atoms with Gasteiger partial charge in [-0.3, -0.25) is 19.4 Å². The van der Waals surface area contributed by atoms with Crippen LogP contribution in [-0.4, -0.2) is 90.8 Å². The molecule has 0 aliphatic rings. The van der Waals surface area contributed by atoms with Crippen molar-refractivity contribution >= 4 is 46.9 Å². The molecule has 0 spiro atoms. The maximum atomic E-state index is 13.5. The number of benzene rings is 2. The molecule has 9 N–H and O–H groups in total. The molecule has 0 aliphatic carbocycles. The molecule has 256 valence electrons. The summed E-state index contributed by atoms with van der Waals surface area (Å²) in [6, 6.07) is 10.0. The number of aromatic nitrogens is 1. The Balaban J connectivity index is 1.71. The number of anilines is 1. The van der Waals surface area contributed by atoms with Gasteiger partial charge >= 0.3 is 6.18 Å². The van der Waals surface area contributed by atoms with Crippen LogP contribution < -0.4 is 33.2 Å². The number of nitrogens with zero attached hydrogens (tertiary/aromatic N) is 2. The fraction of sp³-hybridized carbons (Fsp3) is 0.438. The lowest BCUT2D eigenvalue weighted by Crippen LogP contribution is -2.56. The maximum Gasteiger partial charge on any atom is 0.416 e. The van der Waals surface area contributed by atoms with Crippen molar-refractivity contribution in [2.75, 3.05) is 50.8 Å². The first-order valence-electron chi connectivity index (χ1n) is 15.3. The molecule has 0 radical (unpaired) electrons. The number of alkyl halides is 3. The summed E-state index contributed by atoms with van der Waals surface area (Å²) >= 11 is 4.22. The number of hydrogen-bond acceptors (Lipinski definition) is 8. The molecule has 3 rings (SSSR count). The summed E-state index contributed by atoms with van der Waals surface area (Å²) in [6.07, 6.45) is -2.22. The third-order valence-electron chi connectivity index (χ3n) is 7.92. The average molecular weight is 678 g/mol. The van der Waals surface area contributed by atoms with E-state index in [9.17, 15) is 27.6 Å². The SMILES string of the molecule is C[N+](CCN)(CCN)CCCC(N)C(=O)NC(CS)C(=O)N[C@@H](Cc1ccc(C(F)(F)F)cc1)C(=O)Nc1cnc2ccccc2c1. The molecule has 11 nitrogen and oxygen atoms in total. The molecular weight excluding hydrogens is 633 g/mol. The molecule has 3 atom stereocenters. The second-order valence-electron chi connectivity index (χ2n) is 11.7. The van der Waals surface area contributed by atoms with E-state index in [-0.39, 0.29) is 12.2 Å². The number of carbonyl (C=O) groups excluding carboxylic acids is 3. The molecule has 47 heavy (non-hydrogen) atoms. The maximum absolute atomic E-state index is 13.5. The number of rotatable bonds is 17. The zero-order valence-electron chi connectivity index (χ0n) is 26.3. The van der Waals surface area contributed by atoms with Gasteiger partial charge in [-0.15, -0.1) is 0 Å². The molecule has 1 heterocycles. The molecule has 3 aromatic rings. The number of pyridine rings is 1. The number of nitrogens with one attached hydrogen (secondary N) is 3. The summed E-state index contributed by atoms with van der Waals surface area (Å²) in [4.78, 5) is 44.1. The molecule has 3 amide bonds. The van der Waals surface area contributed by atoms with Crippen molar-refractivity contribution < 1.29 is 32.0 Å². The van der Waals surface area contributed by atoms with Crippen molar-refractivity contribution in [1.82, 2.24) is 15.6 Å². The summed E-state index contributed by atoms with van der Waals surface area (Å²) < 4.78 is 40.0.